The zero-order chi connectivity index (χ0) is 19.0. The third-order valence-corrected chi connectivity index (χ3v) is 4.44. The summed E-state index contributed by atoms with van der Waals surface area (Å²) in [4.78, 5) is 48.5. The highest BCUT2D eigenvalue weighted by Gasteiger charge is 2.41. The summed E-state index contributed by atoms with van der Waals surface area (Å²) in [5.41, 5.74) is -1.07. The predicted molar refractivity (Wildman–Crippen MR) is 79.3 cm³/mol. The minimum Gasteiger partial charge on any atom is -0.349 e. The van der Waals surface area contributed by atoms with Crippen molar-refractivity contribution in [2.75, 3.05) is 6.61 Å². The molecule has 1 aliphatic rings. The number of H-pyrrole nitrogens is 1. The van der Waals surface area contributed by atoms with E-state index in [0.717, 1.165) is 10.8 Å². The van der Waals surface area contributed by atoms with E-state index in [4.69, 9.17) is 36.5 Å². The van der Waals surface area contributed by atoms with Crippen LogP contribution in [0.4, 0.5) is 4.39 Å². The Morgan fingerprint density at radius 1 is 1.36 bits per heavy atom. The Morgan fingerprint density at radius 3 is 2.56 bits per heavy atom. The van der Waals surface area contributed by atoms with Crippen molar-refractivity contribution in [2.45, 2.75) is 24.9 Å². The molecule has 0 radical (unpaired) electrons. The lowest BCUT2D eigenvalue weighted by Gasteiger charge is -2.19. The number of aromatic nitrogens is 2. The van der Waals surface area contributed by atoms with Crippen molar-refractivity contribution in [2.24, 2.45) is 0 Å². The van der Waals surface area contributed by atoms with Gasteiger partial charge in [0.05, 0.1) is 12.8 Å². The maximum Gasteiger partial charge on any atom is 0.469 e. The van der Waals surface area contributed by atoms with Crippen LogP contribution in [0.25, 0.3) is 0 Å². The molecule has 16 heteroatoms. The van der Waals surface area contributed by atoms with Crippen LogP contribution in [0.15, 0.2) is 11.0 Å². The van der Waals surface area contributed by atoms with Crippen LogP contribution < -0.4 is 5.56 Å². The SMILES string of the molecule is O=c1[nH]c(=S)n([C@H]2C[C@H](OP(=O)(O)O)[C@@H](COP(=O)(O)O)O2)cc1F. The van der Waals surface area contributed by atoms with Crippen molar-refractivity contribution in [1.82, 2.24) is 9.55 Å². The Bertz CT molecular complexity index is 846. The number of ether oxygens (including phenoxy) is 1. The summed E-state index contributed by atoms with van der Waals surface area (Å²) in [6.45, 7) is -0.759. The fourth-order valence-electron chi connectivity index (χ4n) is 2.15. The fourth-order valence-corrected chi connectivity index (χ4v) is 3.33. The number of hydrogen-bond acceptors (Lipinski definition) is 7. The normalized spacial score (nSPS) is 24.6. The van der Waals surface area contributed by atoms with Crippen LogP contribution in [0.3, 0.4) is 0 Å². The second-order valence-electron chi connectivity index (χ2n) is 4.93. The number of hydrogen-bond donors (Lipinski definition) is 5. The van der Waals surface area contributed by atoms with E-state index in [2.05, 4.69) is 9.05 Å². The van der Waals surface area contributed by atoms with Gasteiger partial charge in [-0.3, -0.25) is 23.4 Å². The third-order valence-electron chi connectivity index (χ3n) is 3.09. The van der Waals surface area contributed by atoms with Gasteiger partial charge in [-0.05, 0) is 12.2 Å². The number of rotatable bonds is 6. The van der Waals surface area contributed by atoms with Crippen LogP contribution >= 0.6 is 27.9 Å². The molecule has 0 saturated carbocycles. The lowest BCUT2D eigenvalue weighted by atomic mass is 10.2. The minimum absolute atomic E-state index is 0.233. The average molecular weight is 422 g/mol. The van der Waals surface area contributed by atoms with Gasteiger partial charge in [-0.25, -0.2) is 9.13 Å². The molecule has 142 valence electrons. The largest absolute Gasteiger partial charge is 0.469 e. The molecule has 25 heavy (non-hydrogen) atoms. The van der Waals surface area contributed by atoms with Crippen LogP contribution in [0, 0.1) is 10.6 Å². The van der Waals surface area contributed by atoms with E-state index in [1.165, 1.54) is 0 Å². The van der Waals surface area contributed by atoms with Crippen LogP contribution in [0.5, 0.6) is 0 Å². The third kappa shape index (κ3) is 5.86. The first kappa shape index (κ1) is 20.5. The minimum atomic E-state index is -4.96. The van der Waals surface area contributed by atoms with Crippen molar-refractivity contribution < 1.29 is 46.9 Å². The molecule has 0 bridgehead atoms. The van der Waals surface area contributed by atoms with Gasteiger partial charge in [-0.1, -0.05) is 0 Å². The maximum atomic E-state index is 13.4. The first-order valence-electron chi connectivity index (χ1n) is 6.46. The molecule has 2 rings (SSSR count). The van der Waals surface area contributed by atoms with Gasteiger partial charge in [0, 0.05) is 6.42 Å². The van der Waals surface area contributed by atoms with Crippen molar-refractivity contribution in [1.29, 1.82) is 0 Å². The molecule has 2 heterocycles. The van der Waals surface area contributed by atoms with Crippen molar-refractivity contribution in [3.05, 3.63) is 27.1 Å². The van der Waals surface area contributed by atoms with E-state index in [0.29, 0.717) is 0 Å². The highest BCUT2D eigenvalue weighted by atomic mass is 32.1. The van der Waals surface area contributed by atoms with Crippen LogP contribution in [-0.4, -0.2) is 47.9 Å². The van der Waals surface area contributed by atoms with Gasteiger partial charge < -0.3 is 24.3 Å². The van der Waals surface area contributed by atoms with Crippen molar-refractivity contribution >= 4 is 27.9 Å². The zero-order valence-electron chi connectivity index (χ0n) is 12.1. The molecule has 5 N–H and O–H groups in total. The van der Waals surface area contributed by atoms with Gasteiger partial charge in [0.15, 0.2) is 4.77 Å². The van der Waals surface area contributed by atoms with E-state index in [9.17, 15) is 18.3 Å². The summed E-state index contributed by atoms with van der Waals surface area (Å²) < 4.78 is 50.1. The lowest BCUT2D eigenvalue weighted by Crippen LogP contribution is -2.28. The Balaban J connectivity index is 2.26. The van der Waals surface area contributed by atoms with Gasteiger partial charge in [0.25, 0.3) is 5.56 Å². The summed E-state index contributed by atoms with van der Waals surface area (Å²) in [5.74, 6) is -1.18. The highest BCUT2D eigenvalue weighted by molar-refractivity contribution is 7.71. The van der Waals surface area contributed by atoms with E-state index < -0.39 is 52.1 Å². The smallest absolute Gasteiger partial charge is 0.349 e. The molecule has 1 saturated heterocycles. The number of nitrogens with zero attached hydrogens (tertiary/aromatic N) is 1. The molecular formula is C9H13FN2O10P2S. The van der Waals surface area contributed by atoms with Crippen LogP contribution in [-0.2, 0) is 22.9 Å². The molecule has 0 amide bonds. The van der Waals surface area contributed by atoms with E-state index in [1.54, 1.807) is 0 Å². The monoisotopic (exact) mass is 422 g/mol. The zero-order valence-corrected chi connectivity index (χ0v) is 14.7. The molecular weight excluding hydrogens is 409 g/mol. The molecule has 0 aliphatic carbocycles. The molecule has 0 aromatic carbocycles. The number of nitrogens with one attached hydrogen (secondary N) is 1. The van der Waals surface area contributed by atoms with Crippen LogP contribution in [0.1, 0.15) is 12.6 Å². The van der Waals surface area contributed by atoms with Crippen molar-refractivity contribution in [3.8, 4) is 0 Å². The summed E-state index contributed by atoms with van der Waals surface area (Å²) in [5, 5.41) is 0. The quantitative estimate of drug-likeness (QED) is 0.306. The Morgan fingerprint density at radius 2 is 2.00 bits per heavy atom. The topological polar surface area (TPSA) is 181 Å². The molecule has 0 spiro atoms. The molecule has 1 aromatic rings. The van der Waals surface area contributed by atoms with Gasteiger partial charge in [-0.15, -0.1) is 0 Å². The molecule has 1 aromatic heterocycles. The first-order chi connectivity index (χ1) is 11.4. The Hall–Kier alpha value is -0.790. The molecule has 0 unspecified atom stereocenters. The number of phosphoric ester groups is 2. The summed E-state index contributed by atoms with van der Waals surface area (Å²) in [6, 6.07) is 0. The Kier molecular flexibility index (Phi) is 6.11. The molecule has 1 aliphatic heterocycles. The van der Waals surface area contributed by atoms with Crippen LogP contribution in [0.2, 0.25) is 0 Å². The van der Waals surface area contributed by atoms with Gasteiger partial charge >= 0.3 is 15.6 Å². The number of halogens is 1. The predicted octanol–water partition coefficient (Wildman–Crippen LogP) is -0.0803. The fraction of sp³-hybridized carbons (Fsp3) is 0.556. The summed E-state index contributed by atoms with van der Waals surface area (Å²) >= 11 is 4.86. The molecule has 3 atom stereocenters. The van der Waals surface area contributed by atoms with Gasteiger partial charge in [0.2, 0.25) is 5.82 Å². The lowest BCUT2D eigenvalue weighted by molar-refractivity contribution is -0.0440. The van der Waals surface area contributed by atoms with Gasteiger partial charge in [0.1, 0.15) is 18.4 Å². The standard InChI is InChI=1S/C9H13FN2O10P2S/c10-4-2-12(9(25)11-8(4)13)7-1-5(22-24(17,18)19)6(21-7)3-20-23(14,15)16/h2,5-7H,1,3H2,(H,11,13,25)(H2,14,15,16)(H2,17,18,19)/t5-,6+,7+/m0/s1. The van der Waals surface area contributed by atoms with E-state index in [-0.39, 0.29) is 11.2 Å². The van der Waals surface area contributed by atoms with E-state index in [1.807, 2.05) is 4.98 Å². The number of phosphoric acid groups is 2. The summed E-state index contributed by atoms with van der Waals surface area (Å²) in [6.07, 6.45) is -3.30. The van der Waals surface area contributed by atoms with E-state index >= 15 is 0 Å². The average Bonchev–Trinajstić information content (AvgIpc) is 2.80. The molecule has 12 nitrogen and oxygen atoms in total. The highest BCUT2D eigenvalue weighted by Crippen LogP contribution is 2.45. The summed E-state index contributed by atoms with van der Waals surface area (Å²) in [7, 11) is -9.84. The second-order valence-corrected chi connectivity index (χ2v) is 7.75. The first-order valence-corrected chi connectivity index (χ1v) is 9.93. The second kappa shape index (κ2) is 7.45. The molecule has 1 fully saturated rings. The number of aromatic amines is 1. The van der Waals surface area contributed by atoms with Gasteiger partial charge in [-0.2, -0.15) is 4.39 Å². The van der Waals surface area contributed by atoms with Crippen molar-refractivity contribution in [3.63, 3.8) is 0 Å². The maximum absolute atomic E-state index is 13.4. The Labute approximate surface area is 143 Å².